The number of H-pyrrole nitrogens is 1. The Morgan fingerprint density at radius 3 is 2.86 bits per heavy atom. The van der Waals surface area contributed by atoms with Crippen LogP contribution in [0.5, 0.6) is 5.75 Å². The number of methoxy groups -OCH3 is 1. The molecule has 2 atom stereocenters. The van der Waals surface area contributed by atoms with Gasteiger partial charge >= 0.3 is 0 Å². The minimum Gasteiger partial charge on any atom is -0.496 e. The van der Waals surface area contributed by atoms with E-state index in [1.54, 1.807) is 13.3 Å². The molecule has 28 heavy (non-hydrogen) atoms. The predicted octanol–water partition coefficient (Wildman–Crippen LogP) is 3.98. The van der Waals surface area contributed by atoms with E-state index in [1.807, 2.05) is 42.5 Å². The van der Waals surface area contributed by atoms with E-state index in [0.717, 1.165) is 27.7 Å². The minimum absolute atomic E-state index is 0.253. The first kappa shape index (κ1) is 16.6. The summed E-state index contributed by atoms with van der Waals surface area (Å²) in [7, 11) is 1.62. The highest BCUT2D eigenvalue weighted by Crippen LogP contribution is 2.43. The molecule has 0 radical (unpaired) electrons. The Morgan fingerprint density at radius 1 is 1.11 bits per heavy atom. The van der Waals surface area contributed by atoms with Crippen LogP contribution in [0.25, 0.3) is 15.9 Å². The molecule has 2 aromatic carbocycles. The van der Waals surface area contributed by atoms with Crippen molar-refractivity contribution in [2.24, 2.45) is 4.99 Å². The summed E-state index contributed by atoms with van der Waals surface area (Å²) in [4.78, 5) is 8.74. The summed E-state index contributed by atoms with van der Waals surface area (Å²) in [5, 5.41) is 7.15. The molecular formula is C20H14N6OS. The zero-order valence-electron chi connectivity index (χ0n) is 14.8. The average molecular weight is 386 g/mol. The van der Waals surface area contributed by atoms with Crippen molar-refractivity contribution in [3.63, 3.8) is 0 Å². The number of benzene rings is 2. The monoisotopic (exact) mass is 386 g/mol. The van der Waals surface area contributed by atoms with Crippen molar-refractivity contribution in [2.45, 2.75) is 12.0 Å². The lowest BCUT2D eigenvalue weighted by atomic mass is 9.80. The van der Waals surface area contributed by atoms with Crippen LogP contribution in [0, 0.1) is 6.57 Å². The van der Waals surface area contributed by atoms with Crippen molar-refractivity contribution in [3.8, 4) is 5.75 Å². The third-order valence-corrected chi connectivity index (χ3v) is 5.53. The molecule has 0 aliphatic carbocycles. The quantitative estimate of drug-likeness (QED) is 0.540. The van der Waals surface area contributed by atoms with E-state index in [2.05, 4.69) is 23.8 Å². The SMILES string of the molecule is [C-]#[N+]C1C(c2ccccc2OC)=Nc2[nH]ncc2C1c1cccc2nsnc12. The fourth-order valence-electron chi connectivity index (χ4n) is 3.75. The molecule has 0 amide bonds. The van der Waals surface area contributed by atoms with Gasteiger partial charge in [0.15, 0.2) is 5.82 Å². The van der Waals surface area contributed by atoms with Crippen LogP contribution >= 0.6 is 11.7 Å². The number of aromatic amines is 1. The summed E-state index contributed by atoms with van der Waals surface area (Å²) in [6.07, 6.45) is 1.75. The molecule has 0 saturated heterocycles. The molecule has 0 spiro atoms. The lowest BCUT2D eigenvalue weighted by Crippen LogP contribution is -2.30. The topological polar surface area (TPSA) is 80.4 Å². The van der Waals surface area contributed by atoms with Crippen LogP contribution < -0.4 is 4.74 Å². The van der Waals surface area contributed by atoms with E-state index in [-0.39, 0.29) is 5.92 Å². The van der Waals surface area contributed by atoms with Gasteiger partial charge in [0.1, 0.15) is 22.5 Å². The lowest BCUT2D eigenvalue weighted by molar-refractivity contribution is 0.413. The van der Waals surface area contributed by atoms with Gasteiger partial charge in [-0.15, -0.1) is 0 Å². The van der Waals surface area contributed by atoms with Crippen LogP contribution in [0.4, 0.5) is 5.82 Å². The first-order valence-electron chi connectivity index (χ1n) is 8.64. The first-order chi connectivity index (χ1) is 13.8. The van der Waals surface area contributed by atoms with E-state index in [0.29, 0.717) is 17.3 Å². The third kappa shape index (κ3) is 2.41. The molecule has 5 rings (SSSR count). The summed E-state index contributed by atoms with van der Waals surface area (Å²) in [5.41, 5.74) is 4.96. The third-order valence-electron chi connectivity index (χ3n) is 4.99. The molecule has 0 fully saturated rings. The van der Waals surface area contributed by atoms with Gasteiger partial charge in [0, 0.05) is 11.1 Å². The molecule has 1 aliphatic rings. The van der Waals surface area contributed by atoms with E-state index in [9.17, 15) is 0 Å². The van der Waals surface area contributed by atoms with Gasteiger partial charge < -0.3 is 9.58 Å². The van der Waals surface area contributed by atoms with Crippen molar-refractivity contribution < 1.29 is 4.74 Å². The number of nitrogens with one attached hydrogen (secondary N) is 1. The van der Waals surface area contributed by atoms with Crippen LogP contribution in [0.1, 0.15) is 22.6 Å². The maximum atomic E-state index is 7.99. The molecule has 2 aromatic heterocycles. The molecular weight excluding hydrogens is 372 g/mol. The second kappa shape index (κ2) is 6.55. The van der Waals surface area contributed by atoms with Crippen LogP contribution in [-0.4, -0.2) is 37.8 Å². The van der Waals surface area contributed by atoms with Gasteiger partial charge in [0.25, 0.3) is 6.04 Å². The minimum atomic E-state index is -0.534. The van der Waals surface area contributed by atoms with Crippen molar-refractivity contribution in [1.29, 1.82) is 0 Å². The highest BCUT2D eigenvalue weighted by atomic mass is 32.1. The van der Waals surface area contributed by atoms with Crippen LogP contribution in [0.3, 0.4) is 0 Å². The number of fused-ring (bicyclic) bond motifs is 2. The number of aromatic nitrogens is 4. The summed E-state index contributed by atoms with van der Waals surface area (Å²) in [6.45, 7) is 7.99. The van der Waals surface area contributed by atoms with E-state index < -0.39 is 6.04 Å². The summed E-state index contributed by atoms with van der Waals surface area (Å²) < 4.78 is 14.4. The smallest absolute Gasteiger partial charge is 0.277 e. The summed E-state index contributed by atoms with van der Waals surface area (Å²) in [5.74, 6) is 1.09. The Balaban J connectivity index is 1.76. The van der Waals surface area contributed by atoms with E-state index in [1.165, 1.54) is 11.7 Å². The van der Waals surface area contributed by atoms with Gasteiger partial charge in [-0.05, 0) is 23.8 Å². The summed E-state index contributed by atoms with van der Waals surface area (Å²) in [6, 6.07) is 13.0. The Morgan fingerprint density at radius 2 is 2.00 bits per heavy atom. The number of ether oxygens (including phenoxy) is 1. The molecule has 1 N–H and O–H groups in total. The van der Waals surface area contributed by atoms with Crippen LogP contribution in [0.15, 0.2) is 53.7 Å². The molecule has 2 unspecified atom stereocenters. The Hall–Kier alpha value is -3.57. The van der Waals surface area contributed by atoms with Gasteiger partial charge in [-0.25, -0.2) is 11.6 Å². The Bertz CT molecular complexity index is 1250. The molecule has 7 nitrogen and oxygen atoms in total. The van der Waals surface area contributed by atoms with Gasteiger partial charge in [0.05, 0.1) is 31.0 Å². The normalized spacial score (nSPS) is 18.4. The maximum Gasteiger partial charge on any atom is 0.277 e. The van der Waals surface area contributed by atoms with Crippen LogP contribution in [0.2, 0.25) is 0 Å². The fourth-order valence-corrected chi connectivity index (χ4v) is 4.30. The van der Waals surface area contributed by atoms with Gasteiger partial charge in [0.2, 0.25) is 0 Å². The Kier molecular flexibility index (Phi) is 3.88. The molecule has 1 aliphatic heterocycles. The number of rotatable bonds is 3. The fraction of sp³-hybridized carbons (Fsp3) is 0.150. The zero-order chi connectivity index (χ0) is 19.1. The van der Waals surface area contributed by atoms with Gasteiger partial charge in [-0.1, -0.05) is 24.3 Å². The van der Waals surface area contributed by atoms with Crippen molar-refractivity contribution >= 4 is 34.3 Å². The number of nitrogens with zero attached hydrogens (tertiary/aromatic N) is 5. The molecule has 0 saturated carbocycles. The first-order valence-corrected chi connectivity index (χ1v) is 9.38. The molecule has 4 aromatic rings. The number of para-hydroxylation sites is 1. The van der Waals surface area contributed by atoms with E-state index >= 15 is 0 Å². The predicted molar refractivity (Wildman–Crippen MR) is 107 cm³/mol. The molecule has 3 heterocycles. The number of aliphatic imine (C=N–C) groups is 1. The summed E-state index contributed by atoms with van der Waals surface area (Å²) >= 11 is 1.18. The molecule has 0 bridgehead atoms. The molecule has 8 heteroatoms. The number of hydrogen-bond acceptors (Lipinski definition) is 6. The second-order valence-corrected chi connectivity index (χ2v) is 6.93. The average Bonchev–Trinajstić information content (AvgIpc) is 3.41. The van der Waals surface area contributed by atoms with Gasteiger partial charge in [-0.3, -0.25) is 5.10 Å². The van der Waals surface area contributed by atoms with Crippen molar-refractivity contribution in [3.05, 3.63) is 76.8 Å². The van der Waals surface area contributed by atoms with Gasteiger partial charge in [-0.2, -0.15) is 13.8 Å². The molecule has 136 valence electrons. The maximum absolute atomic E-state index is 7.99. The largest absolute Gasteiger partial charge is 0.496 e. The highest BCUT2D eigenvalue weighted by Gasteiger charge is 2.42. The Labute approximate surface area is 164 Å². The lowest BCUT2D eigenvalue weighted by Gasteiger charge is -2.24. The standard InChI is InChI=1S/C20H14N6OS/c1-21-19-16(12-7-5-8-14-17(12)26-28-25-14)13-10-22-24-20(13)23-18(19)11-6-3-4-9-15(11)27-2/h3-10,16,19H,2H3,(H,22,24). The van der Waals surface area contributed by atoms with Crippen molar-refractivity contribution in [2.75, 3.05) is 7.11 Å². The van der Waals surface area contributed by atoms with Crippen molar-refractivity contribution in [1.82, 2.24) is 18.9 Å². The van der Waals surface area contributed by atoms with E-state index in [4.69, 9.17) is 16.3 Å². The zero-order valence-corrected chi connectivity index (χ0v) is 15.6. The van der Waals surface area contributed by atoms with Crippen LogP contribution in [-0.2, 0) is 0 Å². The second-order valence-electron chi connectivity index (χ2n) is 6.40. The highest BCUT2D eigenvalue weighted by molar-refractivity contribution is 7.00. The number of hydrogen-bond donors (Lipinski definition) is 1.